The van der Waals surface area contributed by atoms with E-state index in [9.17, 15) is 9.18 Å². The van der Waals surface area contributed by atoms with E-state index in [4.69, 9.17) is 4.98 Å². The molecule has 0 N–H and O–H groups in total. The molecule has 1 aromatic heterocycles. The van der Waals surface area contributed by atoms with E-state index in [1.54, 1.807) is 12.1 Å². The molecule has 3 rings (SSSR count). The summed E-state index contributed by atoms with van der Waals surface area (Å²) in [5, 5.41) is 0. The lowest BCUT2D eigenvalue weighted by atomic mass is 9.93. The van der Waals surface area contributed by atoms with Crippen LogP contribution in [0.5, 0.6) is 0 Å². The van der Waals surface area contributed by atoms with Crippen molar-refractivity contribution in [2.75, 3.05) is 32.7 Å². The standard InChI is InChI=1S/C22H28FN3O/c1-3-26(4-2)22(27)16-25-14-6-7-18(15-25)21-9-5-8-20(24-21)17-10-12-19(23)13-11-17/h5,8-13,18H,3-4,6-7,14-16H2,1-2H3/t18-/m1/s1. The van der Waals surface area contributed by atoms with Crippen molar-refractivity contribution in [2.45, 2.75) is 32.6 Å². The van der Waals surface area contributed by atoms with Gasteiger partial charge in [0.15, 0.2) is 0 Å². The predicted molar refractivity (Wildman–Crippen MR) is 106 cm³/mol. The van der Waals surface area contributed by atoms with Gasteiger partial charge in [-0.2, -0.15) is 0 Å². The molecule has 2 aromatic rings. The molecule has 144 valence electrons. The third kappa shape index (κ3) is 4.92. The summed E-state index contributed by atoms with van der Waals surface area (Å²) in [4.78, 5) is 21.4. The van der Waals surface area contributed by atoms with Crippen molar-refractivity contribution in [1.82, 2.24) is 14.8 Å². The van der Waals surface area contributed by atoms with Gasteiger partial charge >= 0.3 is 0 Å². The van der Waals surface area contributed by atoms with Crippen LogP contribution >= 0.6 is 0 Å². The maximum Gasteiger partial charge on any atom is 0.236 e. The molecule has 1 aliphatic rings. The van der Waals surface area contributed by atoms with Crippen molar-refractivity contribution in [3.63, 3.8) is 0 Å². The Morgan fingerprint density at radius 3 is 2.63 bits per heavy atom. The fourth-order valence-corrected chi connectivity index (χ4v) is 3.77. The first-order chi connectivity index (χ1) is 13.1. The van der Waals surface area contributed by atoms with E-state index in [0.29, 0.717) is 12.5 Å². The lowest BCUT2D eigenvalue weighted by molar-refractivity contribution is -0.132. The second-order valence-corrected chi connectivity index (χ2v) is 7.09. The smallest absolute Gasteiger partial charge is 0.236 e. The van der Waals surface area contributed by atoms with E-state index in [0.717, 1.165) is 56.0 Å². The van der Waals surface area contributed by atoms with Crippen LogP contribution in [0.15, 0.2) is 42.5 Å². The van der Waals surface area contributed by atoms with Crippen LogP contribution in [-0.2, 0) is 4.79 Å². The summed E-state index contributed by atoms with van der Waals surface area (Å²) >= 11 is 0. The quantitative estimate of drug-likeness (QED) is 0.774. The van der Waals surface area contributed by atoms with Crippen LogP contribution in [-0.4, -0.2) is 53.4 Å². The van der Waals surface area contributed by atoms with E-state index in [1.165, 1.54) is 12.1 Å². The van der Waals surface area contributed by atoms with E-state index in [2.05, 4.69) is 11.0 Å². The van der Waals surface area contributed by atoms with E-state index >= 15 is 0 Å². The molecule has 0 bridgehead atoms. The number of nitrogens with zero attached hydrogens (tertiary/aromatic N) is 3. The minimum Gasteiger partial charge on any atom is -0.342 e. The number of carbonyl (C=O) groups excluding carboxylic acids is 1. The first kappa shape index (κ1) is 19.5. The fourth-order valence-electron chi connectivity index (χ4n) is 3.77. The number of likely N-dealkylation sites (N-methyl/N-ethyl adjacent to an activating group) is 1. The zero-order valence-electron chi connectivity index (χ0n) is 16.2. The maximum absolute atomic E-state index is 13.2. The highest BCUT2D eigenvalue weighted by molar-refractivity contribution is 5.78. The van der Waals surface area contributed by atoms with Crippen molar-refractivity contribution in [3.05, 3.63) is 54.0 Å². The Bertz CT molecular complexity index is 758. The Hall–Kier alpha value is -2.27. The van der Waals surface area contributed by atoms with Gasteiger partial charge in [0.1, 0.15) is 5.82 Å². The molecule has 2 heterocycles. The van der Waals surface area contributed by atoms with Gasteiger partial charge in [-0.1, -0.05) is 6.07 Å². The molecule has 0 aliphatic carbocycles. The lowest BCUT2D eigenvalue weighted by Gasteiger charge is -2.33. The average Bonchev–Trinajstić information content (AvgIpc) is 2.70. The number of aromatic nitrogens is 1. The van der Waals surface area contributed by atoms with Gasteiger partial charge in [-0.15, -0.1) is 0 Å². The van der Waals surface area contributed by atoms with Crippen LogP contribution in [0.3, 0.4) is 0 Å². The summed E-state index contributed by atoms with van der Waals surface area (Å²) in [5.74, 6) is 0.285. The number of rotatable bonds is 6. The molecule has 1 atom stereocenters. The second-order valence-electron chi connectivity index (χ2n) is 7.09. The normalized spacial score (nSPS) is 17.7. The van der Waals surface area contributed by atoms with Crippen LogP contribution < -0.4 is 0 Å². The van der Waals surface area contributed by atoms with Crippen LogP contribution in [0.25, 0.3) is 11.3 Å². The summed E-state index contributed by atoms with van der Waals surface area (Å²) in [7, 11) is 0. The van der Waals surface area contributed by atoms with E-state index in [-0.39, 0.29) is 11.7 Å². The monoisotopic (exact) mass is 369 g/mol. The molecule has 0 spiro atoms. The molecule has 1 amide bonds. The Kier molecular flexibility index (Phi) is 6.56. The molecular weight excluding hydrogens is 341 g/mol. The van der Waals surface area contributed by atoms with Gasteiger partial charge in [0.05, 0.1) is 12.2 Å². The second kappa shape index (κ2) is 9.09. The summed E-state index contributed by atoms with van der Waals surface area (Å²) in [6, 6.07) is 12.5. The highest BCUT2D eigenvalue weighted by Gasteiger charge is 2.25. The predicted octanol–water partition coefficient (Wildman–Crippen LogP) is 3.94. The lowest BCUT2D eigenvalue weighted by Crippen LogP contribution is -2.43. The SMILES string of the molecule is CCN(CC)C(=O)CN1CCC[C@@H](c2cccc(-c3ccc(F)cc3)n2)C1. The topological polar surface area (TPSA) is 36.4 Å². The summed E-state index contributed by atoms with van der Waals surface area (Å²) in [5.41, 5.74) is 2.84. The molecule has 27 heavy (non-hydrogen) atoms. The number of halogens is 1. The first-order valence-corrected chi connectivity index (χ1v) is 9.83. The molecule has 0 unspecified atom stereocenters. The number of likely N-dealkylation sites (tertiary alicyclic amines) is 1. The van der Waals surface area contributed by atoms with E-state index in [1.807, 2.05) is 30.9 Å². The Balaban J connectivity index is 1.70. The minimum atomic E-state index is -0.240. The summed E-state index contributed by atoms with van der Waals surface area (Å²) < 4.78 is 13.2. The molecular formula is C22H28FN3O. The summed E-state index contributed by atoms with van der Waals surface area (Å²) in [6.45, 7) is 7.85. The molecule has 1 saturated heterocycles. The Morgan fingerprint density at radius 2 is 1.93 bits per heavy atom. The van der Waals surface area contributed by atoms with E-state index < -0.39 is 0 Å². The van der Waals surface area contributed by atoms with Crippen molar-refractivity contribution < 1.29 is 9.18 Å². The van der Waals surface area contributed by atoms with Gasteiger partial charge in [0.2, 0.25) is 5.91 Å². The maximum atomic E-state index is 13.2. The number of hydrogen-bond donors (Lipinski definition) is 0. The molecule has 1 aliphatic heterocycles. The molecule has 1 fully saturated rings. The number of piperidine rings is 1. The van der Waals surface area contributed by atoms with Crippen molar-refractivity contribution in [1.29, 1.82) is 0 Å². The number of benzene rings is 1. The van der Waals surface area contributed by atoms with Crippen LogP contribution in [0.1, 0.15) is 38.3 Å². The van der Waals surface area contributed by atoms with Crippen LogP contribution in [0, 0.1) is 5.82 Å². The Labute approximate surface area is 161 Å². The number of amides is 1. The first-order valence-electron chi connectivity index (χ1n) is 9.83. The van der Waals surface area contributed by atoms with Crippen molar-refractivity contribution in [2.24, 2.45) is 0 Å². The molecule has 0 radical (unpaired) electrons. The molecule has 4 nitrogen and oxygen atoms in total. The number of pyridine rings is 1. The van der Waals surface area contributed by atoms with Crippen LogP contribution in [0.2, 0.25) is 0 Å². The minimum absolute atomic E-state index is 0.202. The van der Waals surface area contributed by atoms with Gasteiger partial charge in [-0.3, -0.25) is 14.7 Å². The largest absolute Gasteiger partial charge is 0.342 e. The number of hydrogen-bond acceptors (Lipinski definition) is 3. The third-order valence-electron chi connectivity index (χ3n) is 5.31. The Morgan fingerprint density at radius 1 is 1.19 bits per heavy atom. The van der Waals surface area contributed by atoms with Crippen molar-refractivity contribution in [3.8, 4) is 11.3 Å². The van der Waals surface area contributed by atoms with Crippen LogP contribution in [0.4, 0.5) is 4.39 Å². The number of carbonyl (C=O) groups is 1. The molecule has 1 aromatic carbocycles. The third-order valence-corrected chi connectivity index (χ3v) is 5.31. The van der Waals surface area contributed by atoms with Crippen molar-refractivity contribution >= 4 is 5.91 Å². The average molecular weight is 369 g/mol. The zero-order chi connectivity index (χ0) is 19.2. The zero-order valence-corrected chi connectivity index (χ0v) is 16.2. The van der Waals surface area contributed by atoms with Gasteiger partial charge < -0.3 is 4.90 Å². The van der Waals surface area contributed by atoms with Gasteiger partial charge in [0, 0.05) is 36.8 Å². The van der Waals surface area contributed by atoms with Gasteiger partial charge in [-0.05, 0) is 69.6 Å². The van der Waals surface area contributed by atoms with Gasteiger partial charge in [-0.25, -0.2) is 4.39 Å². The highest BCUT2D eigenvalue weighted by atomic mass is 19.1. The highest BCUT2D eigenvalue weighted by Crippen LogP contribution is 2.27. The molecule has 0 saturated carbocycles. The molecule has 5 heteroatoms. The van der Waals surface area contributed by atoms with Gasteiger partial charge in [0.25, 0.3) is 0 Å². The summed E-state index contributed by atoms with van der Waals surface area (Å²) in [6.07, 6.45) is 2.15. The fraction of sp³-hybridized carbons (Fsp3) is 0.455.